The van der Waals surface area contributed by atoms with Gasteiger partial charge in [0, 0.05) is 26.2 Å². The molecule has 0 aromatic rings. The minimum absolute atomic E-state index is 0.0195. The summed E-state index contributed by atoms with van der Waals surface area (Å²) in [4.78, 5) is 10.9. The standard InChI is InChI=1S/C11H22N2O6S/c14-6-8-19-7-2-4-12-20(17,18)13-5-1-3-10(9-13)11(15)16/h10,12,14H,1-9H2,(H,15,16). The number of carbonyl (C=O) groups is 1. The highest BCUT2D eigenvalue weighted by Crippen LogP contribution is 2.18. The zero-order valence-electron chi connectivity index (χ0n) is 11.3. The zero-order chi connectivity index (χ0) is 15.0. The SMILES string of the molecule is O=C(O)C1CCCN(S(=O)(=O)NCCCOCCO)C1. The first-order valence-corrected chi connectivity index (χ1v) is 8.07. The highest BCUT2D eigenvalue weighted by Gasteiger charge is 2.31. The summed E-state index contributed by atoms with van der Waals surface area (Å²) < 4.78 is 32.6. The zero-order valence-corrected chi connectivity index (χ0v) is 12.1. The third-order valence-electron chi connectivity index (χ3n) is 3.06. The predicted molar refractivity (Wildman–Crippen MR) is 71.4 cm³/mol. The maximum Gasteiger partial charge on any atom is 0.307 e. The monoisotopic (exact) mass is 310 g/mol. The van der Waals surface area contributed by atoms with Gasteiger partial charge in [-0.3, -0.25) is 4.79 Å². The lowest BCUT2D eigenvalue weighted by Crippen LogP contribution is -2.47. The molecule has 0 spiro atoms. The number of carboxylic acids is 1. The minimum atomic E-state index is -3.63. The van der Waals surface area contributed by atoms with Crippen LogP contribution in [0.15, 0.2) is 0 Å². The van der Waals surface area contributed by atoms with Crippen molar-refractivity contribution in [3.63, 3.8) is 0 Å². The van der Waals surface area contributed by atoms with Gasteiger partial charge in [-0.1, -0.05) is 0 Å². The number of aliphatic hydroxyl groups is 1. The summed E-state index contributed by atoms with van der Waals surface area (Å²) in [7, 11) is -3.63. The van der Waals surface area contributed by atoms with E-state index in [4.69, 9.17) is 14.9 Å². The molecule has 0 aromatic heterocycles. The van der Waals surface area contributed by atoms with Crippen LogP contribution >= 0.6 is 0 Å². The quantitative estimate of drug-likeness (QED) is 0.471. The molecule has 1 unspecified atom stereocenters. The van der Waals surface area contributed by atoms with Crippen LogP contribution in [0.25, 0.3) is 0 Å². The third-order valence-corrected chi connectivity index (χ3v) is 4.64. The Morgan fingerprint density at radius 2 is 2.15 bits per heavy atom. The molecule has 20 heavy (non-hydrogen) atoms. The molecule has 0 radical (unpaired) electrons. The first-order valence-electron chi connectivity index (χ1n) is 6.63. The molecule has 1 aliphatic heterocycles. The largest absolute Gasteiger partial charge is 0.481 e. The average Bonchev–Trinajstić information content (AvgIpc) is 2.43. The number of aliphatic carboxylic acids is 1. The van der Waals surface area contributed by atoms with E-state index in [9.17, 15) is 13.2 Å². The van der Waals surface area contributed by atoms with Crippen LogP contribution in [0.4, 0.5) is 0 Å². The van der Waals surface area contributed by atoms with Crippen molar-refractivity contribution in [2.45, 2.75) is 19.3 Å². The Morgan fingerprint density at radius 3 is 2.80 bits per heavy atom. The van der Waals surface area contributed by atoms with Crippen LogP contribution in [-0.2, 0) is 19.7 Å². The van der Waals surface area contributed by atoms with Gasteiger partial charge in [0.05, 0.1) is 19.1 Å². The van der Waals surface area contributed by atoms with E-state index < -0.39 is 22.1 Å². The van der Waals surface area contributed by atoms with Crippen molar-refractivity contribution in [2.75, 3.05) is 39.5 Å². The molecule has 8 nitrogen and oxygen atoms in total. The minimum Gasteiger partial charge on any atom is -0.481 e. The molecule has 1 saturated heterocycles. The second kappa shape index (κ2) is 8.53. The smallest absolute Gasteiger partial charge is 0.307 e. The molecular weight excluding hydrogens is 288 g/mol. The van der Waals surface area contributed by atoms with Crippen molar-refractivity contribution in [2.24, 2.45) is 5.92 Å². The first kappa shape index (κ1) is 17.3. The molecule has 0 aromatic carbocycles. The fourth-order valence-electron chi connectivity index (χ4n) is 2.00. The van der Waals surface area contributed by atoms with E-state index in [2.05, 4.69) is 4.72 Å². The van der Waals surface area contributed by atoms with Gasteiger partial charge in [-0.15, -0.1) is 0 Å². The van der Waals surface area contributed by atoms with E-state index in [-0.39, 0.29) is 26.3 Å². The number of nitrogens with one attached hydrogen (secondary N) is 1. The van der Waals surface area contributed by atoms with E-state index in [1.165, 1.54) is 4.31 Å². The van der Waals surface area contributed by atoms with Crippen LogP contribution < -0.4 is 4.72 Å². The number of hydrogen-bond donors (Lipinski definition) is 3. The first-order chi connectivity index (χ1) is 9.47. The van der Waals surface area contributed by atoms with Crippen LogP contribution in [0.3, 0.4) is 0 Å². The van der Waals surface area contributed by atoms with E-state index in [1.807, 2.05) is 0 Å². The summed E-state index contributed by atoms with van der Waals surface area (Å²) >= 11 is 0. The fourth-order valence-corrected chi connectivity index (χ4v) is 3.33. The molecule has 9 heteroatoms. The number of aliphatic hydroxyl groups excluding tert-OH is 1. The van der Waals surface area contributed by atoms with Gasteiger partial charge in [-0.05, 0) is 19.3 Å². The Bertz CT molecular complexity index is 400. The topological polar surface area (TPSA) is 116 Å². The number of piperidine rings is 1. The molecule has 118 valence electrons. The van der Waals surface area contributed by atoms with Crippen molar-refractivity contribution in [3.05, 3.63) is 0 Å². The van der Waals surface area contributed by atoms with Crippen molar-refractivity contribution in [1.29, 1.82) is 0 Å². The molecule has 0 saturated carbocycles. The highest BCUT2D eigenvalue weighted by molar-refractivity contribution is 7.87. The van der Waals surface area contributed by atoms with Gasteiger partial charge in [-0.2, -0.15) is 12.7 Å². The van der Waals surface area contributed by atoms with Crippen LogP contribution in [0.5, 0.6) is 0 Å². The fraction of sp³-hybridized carbons (Fsp3) is 0.909. The highest BCUT2D eigenvalue weighted by atomic mass is 32.2. The molecule has 0 amide bonds. The summed E-state index contributed by atoms with van der Waals surface area (Å²) in [6, 6.07) is 0. The second-order valence-electron chi connectivity index (χ2n) is 4.62. The Kier molecular flexibility index (Phi) is 7.38. The van der Waals surface area contributed by atoms with E-state index >= 15 is 0 Å². The summed E-state index contributed by atoms with van der Waals surface area (Å²) in [5.74, 6) is -1.59. The van der Waals surface area contributed by atoms with E-state index in [0.29, 0.717) is 32.4 Å². The lowest BCUT2D eigenvalue weighted by Gasteiger charge is -2.29. The Balaban J connectivity index is 2.34. The third kappa shape index (κ3) is 5.71. The van der Waals surface area contributed by atoms with Gasteiger partial charge in [0.25, 0.3) is 10.2 Å². The molecule has 1 aliphatic rings. The number of rotatable bonds is 9. The second-order valence-corrected chi connectivity index (χ2v) is 6.38. The molecule has 0 bridgehead atoms. The number of carboxylic acid groups (broad SMARTS) is 1. The van der Waals surface area contributed by atoms with Gasteiger partial charge >= 0.3 is 5.97 Å². The van der Waals surface area contributed by atoms with Crippen LogP contribution in [0, 0.1) is 5.92 Å². The van der Waals surface area contributed by atoms with Crippen LogP contribution in [0.1, 0.15) is 19.3 Å². The number of hydrogen-bond acceptors (Lipinski definition) is 5. The van der Waals surface area contributed by atoms with Crippen molar-refractivity contribution < 1.29 is 28.2 Å². The van der Waals surface area contributed by atoms with Gasteiger partial charge in [0.15, 0.2) is 0 Å². The molecule has 1 fully saturated rings. The van der Waals surface area contributed by atoms with Crippen molar-refractivity contribution in [1.82, 2.24) is 9.03 Å². The van der Waals surface area contributed by atoms with E-state index in [0.717, 1.165) is 0 Å². The van der Waals surface area contributed by atoms with Crippen molar-refractivity contribution in [3.8, 4) is 0 Å². The van der Waals surface area contributed by atoms with Gasteiger partial charge < -0.3 is 14.9 Å². The van der Waals surface area contributed by atoms with Gasteiger partial charge in [0.2, 0.25) is 0 Å². The Hall–Kier alpha value is -0.740. The molecule has 1 atom stereocenters. The maximum absolute atomic E-state index is 12.0. The summed E-state index contributed by atoms with van der Waals surface area (Å²) in [6.45, 7) is 1.13. The van der Waals surface area contributed by atoms with E-state index in [1.54, 1.807) is 0 Å². The molecule has 1 rings (SSSR count). The summed E-state index contributed by atoms with van der Waals surface area (Å²) in [5, 5.41) is 17.4. The normalized spacial score (nSPS) is 20.9. The van der Waals surface area contributed by atoms with Crippen LogP contribution in [0.2, 0.25) is 0 Å². The number of nitrogens with zero attached hydrogens (tertiary/aromatic N) is 1. The maximum atomic E-state index is 12.0. The summed E-state index contributed by atoms with van der Waals surface area (Å²) in [6.07, 6.45) is 1.56. The lowest BCUT2D eigenvalue weighted by atomic mass is 10.0. The molecular formula is C11H22N2O6S. The van der Waals surface area contributed by atoms with Gasteiger partial charge in [0.1, 0.15) is 0 Å². The summed E-state index contributed by atoms with van der Waals surface area (Å²) in [5.41, 5.74) is 0. The molecule has 0 aliphatic carbocycles. The van der Waals surface area contributed by atoms with Gasteiger partial charge in [-0.25, -0.2) is 4.72 Å². The van der Waals surface area contributed by atoms with Crippen molar-refractivity contribution >= 4 is 16.2 Å². The average molecular weight is 310 g/mol. The Morgan fingerprint density at radius 1 is 1.40 bits per heavy atom. The number of ether oxygens (including phenoxy) is 1. The van der Waals surface area contributed by atoms with Crippen LogP contribution in [-0.4, -0.2) is 68.4 Å². The lowest BCUT2D eigenvalue weighted by molar-refractivity contribution is -0.142. The molecule has 3 N–H and O–H groups in total. The Labute approximate surface area is 118 Å². The molecule has 1 heterocycles. The predicted octanol–water partition coefficient (Wildman–Crippen LogP) is -0.984.